The number of thiophene rings is 1. The third-order valence-corrected chi connectivity index (χ3v) is 5.37. The fourth-order valence-electron chi connectivity index (χ4n) is 3.28. The molecule has 0 N–H and O–H groups in total. The highest BCUT2D eigenvalue weighted by Gasteiger charge is 2.51. The lowest BCUT2D eigenvalue weighted by Gasteiger charge is -2.27. The van der Waals surface area contributed by atoms with Gasteiger partial charge in [0, 0.05) is 18.9 Å². The van der Waals surface area contributed by atoms with Crippen LogP contribution < -0.4 is 0 Å². The van der Waals surface area contributed by atoms with Gasteiger partial charge in [0.05, 0.1) is 10.9 Å². The van der Waals surface area contributed by atoms with Gasteiger partial charge in [0.1, 0.15) is 5.92 Å². The quantitative estimate of drug-likeness (QED) is 0.423. The molecule has 0 aromatic carbocycles. The summed E-state index contributed by atoms with van der Waals surface area (Å²) in [5, 5.41) is 1.79. The van der Waals surface area contributed by atoms with Crippen LogP contribution in [0.15, 0.2) is 42.0 Å². The number of amides is 1. The molecule has 1 amide bonds. The highest BCUT2D eigenvalue weighted by atomic mass is 32.1. The Bertz CT molecular complexity index is 790. The number of nitrogens with zero attached hydrogens (tertiary/aromatic N) is 3. The lowest BCUT2D eigenvalue weighted by atomic mass is 9.89. The summed E-state index contributed by atoms with van der Waals surface area (Å²) in [6.45, 7) is 1.22. The molecule has 0 bridgehead atoms. The first-order chi connectivity index (χ1) is 12.5. The molecule has 0 aliphatic carbocycles. The number of pyridine rings is 1. The predicted octanol–water partition coefficient (Wildman–Crippen LogP) is 2.05. The monoisotopic (exact) mass is 371 g/mol. The van der Waals surface area contributed by atoms with E-state index in [1.54, 1.807) is 40.9 Å². The van der Waals surface area contributed by atoms with Gasteiger partial charge in [0.25, 0.3) is 5.91 Å². The maximum absolute atomic E-state index is 13.0. The minimum absolute atomic E-state index is 0.290. The van der Waals surface area contributed by atoms with Gasteiger partial charge in [0.2, 0.25) is 5.78 Å². The molecule has 136 valence electrons. The van der Waals surface area contributed by atoms with Gasteiger partial charge in [-0.1, -0.05) is 12.1 Å². The van der Waals surface area contributed by atoms with Crippen LogP contribution in [-0.4, -0.2) is 59.4 Å². The molecule has 0 saturated carbocycles. The molecule has 1 fully saturated rings. The van der Waals surface area contributed by atoms with Gasteiger partial charge in [0.15, 0.2) is 5.78 Å². The third kappa shape index (κ3) is 3.59. The SMILES string of the molecule is CN(C)CCCN1C(=O)C(=O)C(C(=O)c2cccs2)C1c1cccnc1. The second-order valence-electron chi connectivity index (χ2n) is 6.57. The van der Waals surface area contributed by atoms with Crippen LogP contribution in [0, 0.1) is 5.92 Å². The van der Waals surface area contributed by atoms with Crippen molar-refractivity contribution in [1.82, 2.24) is 14.8 Å². The van der Waals surface area contributed by atoms with Gasteiger partial charge in [-0.15, -0.1) is 11.3 Å². The molecule has 2 unspecified atom stereocenters. The molecule has 1 saturated heterocycles. The number of rotatable bonds is 7. The van der Waals surface area contributed by atoms with Crippen molar-refractivity contribution in [3.05, 3.63) is 52.5 Å². The van der Waals surface area contributed by atoms with E-state index in [1.807, 2.05) is 25.1 Å². The summed E-state index contributed by atoms with van der Waals surface area (Å²) in [5.41, 5.74) is 0.714. The molecule has 6 nitrogen and oxygen atoms in total. The molecule has 3 heterocycles. The summed E-state index contributed by atoms with van der Waals surface area (Å²) in [5.74, 6) is -2.50. The van der Waals surface area contributed by atoms with E-state index in [0.29, 0.717) is 17.0 Å². The topological polar surface area (TPSA) is 70.6 Å². The first-order valence-corrected chi connectivity index (χ1v) is 9.36. The fourth-order valence-corrected chi connectivity index (χ4v) is 3.98. The lowest BCUT2D eigenvalue weighted by Crippen LogP contribution is -2.33. The van der Waals surface area contributed by atoms with Gasteiger partial charge in [-0.25, -0.2) is 0 Å². The Hall–Kier alpha value is -2.38. The third-order valence-electron chi connectivity index (χ3n) is 4.48. The number of ketones is 2. The Morgan fingerprint density at radius 3 is 2.69 bits per heavy atom. The van der Waals surface area contributed by atoms with Crippen LogP contribution in [0.2, 0.25) is 0 Å². The Morgan fingerprint density at radius 2 is 2.08 bits per heavy atom. The number of Topliss-reactive ketones (excluding diaryl/α,β-unsaturated/α-hetero) is 2. The number of carbonyl (C=O) groups is 3. The van der Waals surface area contributed by atoms with Crippen LogP contribution in [0.5, 0.6) is 0 Å². The highest BCUT2D eigenvalue weighted by molar-refractivity contribution is 7.12. The van der Waals surface area contributed by atoms with Crippen molar-refractivity contribution in [2.24, 2.45) is 5.92 Å². The zero-order valence-corrected chi connectivity index (χ0v) is 15.6. The van der Waals surface area contributed by atoms with Crippen LogP contribution in [0.25, 0.3) is 0 Å². The molecule has 0 spiro atoms. The molecule has 2 atom stereocenters. The number of aromatic nitrogens is 1. The highest BCUT2D eigenvalue weighted by Crippen LogP contribution is 2.38. The van der Waals surface area contributed by atoms with E-state index in [2.05, 4.69) is 4.98 Å². The van der Waals surface area contributed by atoms with E-state index in [4.69, 9.17) is 0 Å². The molecule has 2 aromatic rings. The van der Waals surface area contributed by atoms with Crippen molar-refractivity contribution in [2.75, 3.05) is 27.2 Å². The van der Waals surface area contributed by atoms with Crippen molar-refractivity contribution in [2.45, 2.75) is 12.5 Å². The zero-order chi connectivity index (χ0) is 18.7. The summed E-state index contributed by atoms with van der Waals surface area (Å²) in [6, 6.07) is 6.44. The van der Waals surface area contributed by atoms with E-state index in [-0.39, 0.29) is 5.78 Å². The summed E-state index contributed by atoms with van der Waals surface area (Å²) < 4.78 is 0. The first kappa shape index (κ1) is 18.4. The van der Waals surface area contributed by atoms with Crippen LogP contribution in [0.4, 0.5) is 0 Å². The van der Waals surface area contributed by atoms with Gasteiger partial charge in [-0.2, -0.15) is 0 Å². The van der Waals surface area contributed by atoms with E-state index in [1.165, 1.54) is 11.3 Å². The zero-order valence-electron chi connectivity index (χ0n) is 14.8. The molecule has 3 rings (SSSR count). The number of hydrogen-bond donors (Lipinski definition) is 0. The van der Waals surface area contributed by atoms with E-state index in [0.717, 1.165) is 13.0 Å². The lowest BCUT2D eigenvalue weighted by molar-refractivity contribution is -0.140. The summed E-state index contributed by atoms with van der Waals surface area (Å²) >= 11 is 1.29. The number of hydrogen-bond acceptors (Lipinski definition) is 6. The smallest absolute Gasteiger partial charge is 0.291 e. The van der Waals surface area contributed by atoms with Crippen LogP contribution in [-0.2, 0) is 9.59 Å². The second kappa shape index (κ2) is 7.88. The molecule has 1 aliphatic heterocycles. The number of likely N-dealkylation sites (tertiary alicyclic amines) is 1. The summed E-state index contributed by atoms with van der Waals surface area (Å²) in [4.78, 5) is 46.5. The van der Waals surface area contributed by atoms with Crippen molar-refractivity contribution in [3.8, 4) is 0 Å². The van der Waals surface area contributed by atoms with Gasteiger partial charge in [-0.3, -0.25) is 19.4 Å². The average molecular weight is 371 g/mol. The van der Waals surface area contributed by atoms with E-state index >= 15 is 0 Å². The Kier molecular flexibility index (Phi) is 5.58. The first-order valence-electron chi connectivity index (χ1n) is 8.48. The Morgan fingerprint density at radius 1 is 1.27 bits per heavy atom. The normalized spacial score (nSPS) is 20.2. The summed E-state index contributed by atoms with van der Waals surface area (Å²) in [7, 11) is 3.91. The molecule has 26 heavy (non-hydrogen) atoms. The standard InChI is InChI=1S/C19H21N3O3S/c1-21(2)9-5-10-22-16(13-6-3-8-20-12-13)15(18(24)19(22)25)17(23)14-7-4-11-26-14/h3-4,6-8,11-12,15-16H,5,9-10H2,1-2H3. The maximum Gasteiger partial charge on any atom is 0.291 e. The molecule has 0 radical (unpaired) electrons. The molecule has 2 aromatic heterocycles. The average Bonchev–Trinajstić information content (AvgIpc) is 3.24. The number of carbonyl (C=O) groups excluding carboxylic acids is 3. The second-order valence-corrected chi connectivity index (χ2v) is 7.52. The molecular weight excluding hydrogens is 350 g/mol. The van der Waals surface area contributed by atoms with E-state index < -0.39 is 23.7 Å². The molecule has 7 heteroatoms. The van der Waals surface area contributed by atoms with Crippen molar-refractivity contribution in [1.29, 1.82) is 0 Å². The van der Waals surface area contributed by atoms with Gasteiger partial charge in [-0.05, 0) is 50.1 Å². The van der Waals surface area contributed by atoms with Crippen molar-refractivity contribution >= 4 is 28.8 Å². The minimum atomic E-state index is -1.01. The Balaban J connectivity index is 1.95. The van der Waals surface area contributed by atoms with Crippen LogP contribution in [0.1, 0.15) is 27.7 Å². The minimum Gasteiger partial charge on any atom is -0.328 e. The largest absolute Gasteiger partial charge is 0.328 e. The fraction of sp³-hybridized carbons (Fsp3) is 0.368. The van der Waals surface area contributed by atoms with Crippen LogP contribution in [0.3, 0.4) is 0 Å². The Labute approximate surface area is 156 Å². The predicted molar refractivity (Wildman–Crippen MR) is 99.0 cm³/mol. The van der Waals surface area contributed by atoms with E-state index in [9.17, 15) is 14.4 Å². The molecular formula is C19H21N3O3S. The van der Waals surface area contributed by atoms with Crippen molar-refractivity contribution in [3.63, 3.8) is 0 Å². The van der Waals surface area contributed by atoms with Gasteiger partial charge < -0.3 is 9.80 Å². The van der Waals surface area contributed by atoms with Crippen molar-refractivity contribution < 1.29 is 14.4 Å². The molecule has 1 aliphatic rings. The van der Waals surface area contributed by atoms with Gasteiger partial charge >= 0.3 is 0 Å². The maximum atomic E-state index is 13.0. The van der Waals surface area contributed by atoms with Crippen LogP contribution >= 0.6 is 11.3 Å². The summed E-state index contributed by atoms with van der Waals surface area (Å²) in [6.07, 6.45) is 3.99.